The molecule has 116 valence electrons. The van der Waals surface area contributed by atoms with Gasteiger partial charge in [-0.3, -0.25) is 4.79 Å². The maximum absolute atomic E-state index is 13.6. The molecular weight excluding hydrogens is 385 g/mol. The molecule has 0 radical (unpaired) electrons. The molecule has 2 rings (SSSR count). The lowest BCUT2D eigenvalue weighted by molar-refractivity contribution is 0.0889. The second-order valence-electron chi connectivity index (χ2n) is 5.55. The van der Waals surface area contributed by atoms with Gasteiger partial charge in [-0.1, -0.05) is 13.3 Å². The van der Waals surface area contributed by atoms with Crippen LogP contribution in [-0.2, 0) is 9.05 Å². The van der Waals surface area contributed by atoms with Gasteiger partial charge in [0.1, 0.15) is 10.7 Å². The van der Waals surface area contributed by atoms with E-state index in [4.69, 9.17) is 10.7 Å². The van der Waals surface area contributed by atoms with Gasteiger partial charge in [0.05, 0.1) is 5.56 Å². The van der Waals surface area contributed by atoms with Crippen LogP contribution < -0.4 is 5.32 Å². The zero-order chi connectivity index (χ0) is 15.8. The number of hydrogen-bond donors (Lipinski definition) is 1. The lowest BCUT2D eigenvalue weighted by Gasteiger charge is -2.38. The molecule has 1 fully saturated rings. The second kappa shape index (κ2) is 5.85. The zero-order valence-corrected chi connectivity index (χ0v) is 14.4. The molecule has 0 aliphatic heterocycles. The van der Waals surface area contributed by atoms with Crippen LogP contribution in [0.2, 0.25) is 0 Å². The summed E-state index contributed by atoms with van der Waals surface area (Å²) in [6.45, 7) is 2.57. The Balaban J connectivity index is 2.24. The van der Waals surface area contributed by atoms with Gasteiger partial charge in [0.25, 0.3) is 15.0 Å². The van der Waals surface area contributed by atoms with Crippen LogP contribution in [0.5, 0.6) is 0 Å². The van der Waals surface area contributed by atoms with Crippen molar-refractivity contribution in [2.75, 3.05) is 6.54 Å². The van der Waals surface area contributed by atoms with E-state index in [2.05, 4.69) is 28.2 Å². The summed E-state index contributed by atoms with van der Waals surface area (Å²) in [5, 5.41) is 2.75. The number of halogens is 3. The third-order valence-corrected chi connectivity index (χ3v) is 5.76. The topological polar surface area (TPSA) is 63.2 Å². The molecule has 1 aliphatic carbocycles. The molecule has 0 bridgehead atoms. The summed E-state index contributed by atoms with van der Waals surface area (Å²) in [6, 6.07) is 1.87. The largest absolute Gasteiger partial charge is 0.351 e. The molecule has 0 saturated heterocycles. The normalized spacial score (nSPS) is 17.1. The van der Waals surface area contributed by atoms with Crippen molar-refractivity contribution < 1.29 is 17.6 Å². The average Bonchev–Trinajstić information content (AvgIpc) is 2.32. The third-order valence-electron chi connectivity index (χ3n) is 3.77. The molecule has 1 amide bonds. The number of amides is 1. The molecular formula is C13H14BrClFNO3S. The van der Waals surface area contributed by atoms with Crippen LogP contribution in [0.15, 0.2) is 21.5 Å². The minimum atomic E-state index is -4.25. The molecule has 0 unspecified atom stereocenters. The minimum absolute atomic E-state index is 0.0403. The first-order valence-corrected chi connectivity index (χ1v) is 9.45. The van der Waals surface area contributed by atoms with Gasteiger partial charge in [-0.15, -0.1) is 0 Å². The van der Waals surface area contributed by atoms with Crippen LogP contribution in [0.25, 0.3) is 0 Å². The van der Waals surface area contributed by atoms with Crippen LogP contribution in [0.4, 0.5) is 4.39 Å². The maximum atomic E-state index is 13.6. The summed E-state index contributed by atoms with van der Waals surface area (Å²) in [5.41, 5.74) is 0.127. The van der Waals surface area contributed by atoms with Crippen molar-refractivity contribution in [3.63, 3.8) is 0 Å². The number of rotatable bonds is 4. The molecule has 4 nitrogen and oxygen atoms in total. The average molecular weight is 399 g/mol. The first kappa shape index (κ1) is 16.7. The zero-order valence-electron chi connectivity index (χ0n) is 11.3. The summed E-state index contributed by atoms with van der Waals surface area (Å²) >= 11 is 3.06. The van der Waals surface area contributed by atoms with Gasteiger partial charge >= 0.3 is 0 Å². The van der Waals surface area contributed by atoms with Gasteiger partial charge in [0, 0.05) is 21.7 Å². The lowest BCUT2D eigenvalue weighted by Crippen LogP contribution is -2.40. The first-order valence-electron chi connectivity index (χ1n) is 6.34. The van der Waals surface area contributed by atoms with Crippen LogP contribution >= 0.6 is 26.6 Å². The van der Waals surface area contributed by atoms with E-state index in [1.165, 1.54) is 0 Å². The van der Waals surface area contributed by atoms with E-state index in [9.17, 15) is 17.6 Å². The quantitative estimate of drug-likeness (QED) is 0.790. The van der Waals surface area contributed by atoms with Crippen LogP contribution in [-0.4, -0.2) is 20.9 Å². The highest BCUT2D eigenvalue weighted by molar-refractivity contribution is 9.10. The van der Waals surface area contributed by atoms with Crippen molar-refractivity contribution in [2.45, 2.75) is 31.1 Å². The summed E-state index contributed by atoms with van der Waals surface area (Å²) < 4.78 is 36.4. The van der Waals surface area contributed by atoms with Crippen molar-refractivity contribution in [1.29, 1.82) is 0 Å². The standard InChI is InChI=1S/C13H14BrClFNO3S/c1-13(3-2-4-13)7-17-12(18)8-5-11(21(15,19)20)10(16)6-9(8)14/h5-6H,2-4,7H2,1H3,(H,17,18). The summed E-state index contributed by atoms with van der Waals surface area (Å²) in [6.07, 6.45) is 3.22. The van der Waals surface area contributed by atoms with Crippen molar-refractivity contribution >= 4 is 41.6 Å². The molecule has 1 aliphatic rings. The highest BCUT2D eigenvalue weighted by Gasteiger charge is 2.32. The molecule has 1 aromatic carbocycles. The van der Waals surface area contributed by atoms with Crippen LogP contribution in [0, 0.1) is 11.2 Å². The van der Waals surface area contributed by atoms with Gasteiger partial charge in [0.2, 0.25) is 0 Å². The molecule has 0 heterocycles. The van der Waals surface area contributed by atoms with Gasteiger partial charge in [0.15, 0.2) is 0 Å². The Bertz CT molecular complexity index is 689. The van der Waals surface area contributed by atoms with E-state index < -0.39 is 25.7 Å². The molecule has 0 spiro atoms. The smallest absolute Gasteiger partial charge is 0.264 e. The Labute approximate surface area is 135 Å². The number of carbonyl (C=O) groups excluding carboxylic acids is 1. The van der Waals surface area contributed by atoms with Gasteiger partial charge in [-0.25, -0.2) is 12.8 Å². The summed E-state index contributed by atoms with van der Waals surface area (Å²) in [5.74, 6) is -1.46. The third kappa shape index (κ3) is 3.76. The molecule has 1 N–H and O–H groups in total. The van der Waals surface area contributed by atoms with Crippen LogP contribution in [0.1, 0.15) is 36.5 Å². The Kier molecular flexibility index (Phi) is 4.66. The monoisotopic (exact) mass is 397 g/mol. The number of hydrogen-bond acceptors (Lipinski definition) is 3. The second-order valence-corrected chi connectivity index (χ2v) is 8.94. The summed E-state index contributed by atoms with van der Waals surface area (Å²) in [7, 11) is 0.913. The molecule has 0 aromatic heterocycles. The van der Waals surface area contributed by atoms with E-state index in [0.29, 0.717) is 6.54 Å². The SMILES string of the molecule is CC1(CNC(=O)c2cc(S(=O)(=O)Cl)c(F)cc2Br)CCC1. The Hall–Kier alpha value is -0.660. The lowest BCUT2D eigenvalue weighted by atomic mass is 9.70. The first-order chi connectivity index (χ1) is 9.62. The van der Waals surface area contributed by atoms with Crippen molar-refractivity contribution in [2.24, 2.45) is 5.41 Å². The molecule has 0 atom stereocenters. The summed E-state index contributed by atoms with van der Waals surface area (Å²) in [4.78, 5) is 11.4. The fourth-order valence-electron chi connectivity index (χ4n) is 2.24. The fourth-order valence-corrected chi connectivity index (χ4v) is 3.64. The number of carbonyl (C=O) groups is 1. The van der Waals surface area contributed by atoms with Gasteiger partial charge in [-0.2, -0.15) is 0 Å². The predicted octanol–water partition coefficient (Wildman–Crippen LogP) is 3.44. The molecule has 1 saturated carbocycles. The van der Waals surface area contributed by atoms with Gasteiger partial charge in [-0.05, 0) is 46.3 Å². The Morgan fingerprint density at radius 3 is 2.57 bits per heavy atom. The van der Waals surface area contributed by atoms with Crippen LogP contribution in [0.3, 0.4) is 0 Å². The number of nitrogens with one attached hydrogen (secondary N) is 1. The van der Waals surface area contributed by atoms with E-state index in [-0.39, 0.29) is 15.5 Å². The highest BCUT2D eigenvalue weighted by atomic mass is 79.9. The van der Waals surface area contributed by atoms with E-state index in [1.807, 2.05) is 0 Å². The Morgan fingerprint density at radius 2 is 2.10 bits per heavy atom. The van der Waals surface area contributed by atoms with Crippen molar-refractivity contribution in [3.8, 4) is 0 Å². The Morgan fingerprint density at radius 1 is 1.48 bits per heavy atom. The van der Waals surface area contributed by atoms with Gasteiger partial charge < -0.3 is 5.32 Å². The molecule has 21 heavy (non-hydrogen) atoms. The number of benzene rings is 1. The predicted molar refractivity (Wildman–Crippen MR) is 81.4 cm³/mol. The molecule has 8 heteroatoms. The molecule has 1 aromatic rings. The van der Waals surface area contributed by atoms with Crippen molar-refractivity contribution in [1.82, 2.24) is 5.32 Å². The fraction of sp³-hybridized carbons (Fsp3) is 0.462. The maximum Gasteiger partial charge on any atom is 0.264 e. The van der Waals surface area contributed by atoms with E-state index in [0.717, 1.165) is 31.4 Å². The van der Waals surface area contributed by atoms with E-state index >= 15 is 0 Å². The van der Waals surface area contributed by atoms with Crippen molar-refractivity contribution in [3.05, 3.63) is 28.0 Å². The van der Waals surface area contributed by atoms with E-state index in [1.54, 1.807) is 0 Å². The minimum Gasteiger partial charge on any atom is -0.351 e. The highest BCUT2D eigenvalue weighted by Crippen LogP contribution is 2.39.